The number of carbonyl (C=O) groups is 1. The predicted octanol–water partition coefficient (Wildman–Crippen LogP) is 7.62. The van der Waals surface area contributed by atoms with Crippen molar-refractivity contribution in [2.75, 3.05) is 13.2 Å². The number of ether oxygens (including phenoxy) is 1. The van der Waals surface area contributed by atoms with E-state index in [1.807, 2.05) is 0 Å². The molecule has 1 fully saturated rings. The summed E-state index contributed by atoms with van der Waals surface area (Å²) in [4.78, 5) is 13.2. The number of halogens is 12. The predicted molar refractivity (Wildman–Crippen MR) is 113 cm³/mol. The molecule has 0 aliphatic carbocycles. The molecule has 0 radical (unpaired) electrons. The number of rotatable bonds is 4. The minimum atomic E-state index is -5.47. The first-order chi connectivity index (χ1) is 18.1. The number of carbonyl (C=O) groups excluding carboxylic acids is 1. The first-order valence-electron chi connectivity index (χ1n) is 11.4. The zero-order valence-electron chi connectivity index (χ0n) is 20.1. The van der Waals surface area contributed by atoms with Gasteiger partial charge in [-0.2, -0.15) is 52.7 Å². The molecule has 1 saturated heterocycles. The Hall–Kier alpha value is -3.17. The van der Waals surface area contributed by atoms with Crippen LogP contribution in [0.5, 0.6) is 0 Å². The Balaban J connectivity index is 2.47. The number of likely N-dealkylation sites (tertiary alicyclic amines) is 1. The molecule has 222 valence electrons. The summed E-state index contributed by atoms with van der Waals surface area (Å²) in [6.07, 6.45) is -23.6. The largest absolute Gasteiger partial charge is 0.450 e. The minimum Gasteiger partial charge on any atom is -0.450 e. The fraction of sp³-hybridized carbons (Fsp3) is 0.458. The number of aliphatic hydroxyl groups is 1. The number of hydrogen-bond acceptors (Lipinski definition) is 3. The second kappa shape index (κ2) is 10.3. The van der Waals surface area contributed by atoms with Gasteiger partial charge in [0.2, 0.25) is 0 Å². The fourth-order valence-corrected chi connectivity index (χ4v) is 4.53. The van der Waals surface area contributed by atoms with Crippen molar-refractivity contribution in [3.63, 3.8) is 0 Å². The van der Waals surface area contributed by atoms with Crippen molar-refractivity contribution < 1.29 is 67.3 Å². The van der Waals surface area contributed by atoms with E-state index in [0.717, 1.165) is 0 Å². The Bertz CT molecular complexity index is 1110. The Kier molecular flexibility index (Phi) is 8.11. The number of benzene rings is 2. The summed E-state index contributed by atoms with van der Waals surface area (Å²) in [5.41, 5.74) is -14.0. The molecule has 2 aromatic carbocycles. The Morgan fingerprint density at radius 3 is 1.35 bits per heavy atom. The van der Waals surface area contributed by atoms with Crippen LogP contribution in [0.1, 0.15) is 53.1 Å². The fourth-order valence-electron chi connectivity index (χ4n) is 4.53. The van der Waals surface area contributed by atoms with Gasteiger partial charge in [-0.25, -0.2) is 4.79 Å². The number of nitrogens with zero attached hydrogens (tertiary/aromatic N) is 1. The zero-order valence-corrected chi connectivity index (χ0v) is 20.1. The van der Waals surface area contributed by atoms with E-state index < -0.39 is 82.2 Å². The maximum Gasteiger partial charge on any atom is 0.416 e. The molecule has 1 aliphatic rings. The summed E-state index contributed by atoms with van der Waals surface area (Å²) in [5, 5.41) is 11.9. The van der Waals surface area contributed by atoms with Gasteiger partial charge in [0, 0.05) is 6.54 Å². The van der Waals surface area contributed by atoms with Crippen molar-refractivity contribution in [2.45, 2.75) is 56.1 Å². The lowest BCUT2D eigenvalue weighted by Gasteiger charge is -2.40. The van der Waals surface area contributed by atoms with Gasteiger partial charge in [-0.1, -0.05) is 0 Å². The van der Waals surface area contributed by atoms with Gasteiger partial charge in [-0.3, -0.25) is 0 Å². The maximum absolute atomic E-state index is 13.6. The second-order valence-corrected chi connectivity index (χ2v) is 8.91. The molecule has 0 spiro atoms. The summed E-state index contributed by atoms with van der Waals surface area (Å²) in [7, 11) is 0. The topological polar surface area (TPSA) is 49.8 Å². The highest BCUT2D eigenvalue weighted by molar-refractivity contribution is 5.69. The van der Waals surface area contributed by atoms with Crippen molar-refractivity contribution >= 4 is 6.09 Å². The van der Waals surface area contributed by atoms with Crippen LogP contribution in [0.4, 0.5) is 57.5 Å². The first kappa shape index (κ1) is 31.4. The second-order valence-electron chi connectivity index (χ2n) is 8.91. The van der Waals surface area contributed by atoms with Gasteiger partial charge in [0.15, 0.2) is 0 Å². The standard InChI is InChI=1S/C24H19F12NO3/c1-2-40-19(38)37-5-3-4-18(37)20(39,12-6-14(21(25,26)27)10-15(7-12)22(28,29)30)13-8-16(23(31,32)33)11-17(9-13)24(34,35)36/h6-11,18,39H,2-5H2,1H3. The van der Waals surface area contributed by atoms with Crippen molar-refractivity contribution in [2.24, 2.45) is 0 Å². The average molecular weight is 597 g/mol. The van der Waals surface area contributed by atoms with Gasteiger partial charge in [0.25, 0.3) is 0 Å². The van der Waals surface area contributed by atoms with E-state index in [9.17, 15) is 62.6 Å². The molecule has 1 unspecified atom stereocenters. The lowest BCUT2D eigenvalue weighted by Crippen LogP contribution is -2.51. The third-order valence-corrected chi connectivity index (χ3v) is 6.29. The first-order valence-corrected chi connectivity index (χ1v) is 11.4. The molecule has 0 aromatic heterocycles. The molecule has 40 heavy (non-hydrogen) atoms. The third-order valence-electron chi connectivity index (χ3n) is 6.29. The number of amides is 1. The van der Waals surface area contributed by atoms with Crippen molar-refractivity contribution in [3.8, 4) is 0 Å². The van der Waals surface area contributed by atoms with Crippen LogP contribution in [-0.4, -0.2) is 35.3 Å². The van der Waals surface area contributed by atoms with Crippen LogP contribution >= 0.6 is 0 Å². The molecule has 16 heteroatoms. The number of alkyl halides is 12. The van der Waals surface area contributed by atoms with Crippen LogP contribution in [0, 0.1) is 0 Å². The number of hydrogen-bond donors (Lipinski definition) is 1. The summed E-state index contributed by atoms with van der Waals surface area (Å²) >= 11 is 0. The Morgan fingerprint density at radius 1 is 0.725 bits per heavy atom. The van der Waals surface area contributed by atoms with Gasteiger partial charge in [-0.05, 0) is 67.3 Å². The van der Waals surface area contributed by atoms with Crippen LogP contribution in [0.15, 0.2) is 36.4 Å². The lowest BCUT2D eigenvalue weighted by atomic mass is 9.77. The SMILES string of the molecule is CCOC(=O)N1CCCC1C(O)(c1cc(C(F)(F)F)cc(C(F)(F)F)c1)c1cc(C(F)(F)F)cc(C(F)(F)F)c1. The van der Waals surface area contributed by atoms with E-state index in [2.05, 4.69) is 0 Å². The van der Waals surface area contributed by atoms with E-state index in [4.69, 9.17) is 4.74 Å². The molecule has 2 aromatic rings. The highest BCUT2D eigenvalue weighted by Crippen LogP contribution is 2.47. The Morgan fingerprint density at radius 2 is 1.05 bits per heavy atom. The van der Waals surface area contributed by atoms with E-state index in [1.54, 1.807) is 0 Å². The molecule has 1 heterocycles. The summed E-state index contributed by atoms with van der Waals surface area (Å²) in [6.45, 7) is 0.728. The normalized spacial score (nSPS) is 17.4. The molecule has 1 atom stereocenters. The summed E-state index contributed by atoms with van der Waals surface area (Å²) in [5.74, 6) is 0. The highest BCUT2D eigenvalue weighted by Gasteiger charge is 2.51. The lowest BCUT2D eigenvalue weighted by molar-refractivity contribution is -0.144. The van der Waals surface area contributed by atoms with Crippen LogP contribution in [0.25, 0.3) is 0 Å². The van der Waals surface area contributed by atoms with Crippen molar-refractivity contribution in [1.82, 2.24) is 4.90 Å². The van der Waals surface area contributed by atoms with Crippen LogP contribution in [0.3, 0.4) is 0 Å². The zero-order chi connectivity index (χ0) is 30.5. The molecule has 1 N–H and O–H groups in total. The van der Waals surface area contributed by atoms with Gasteiger partial charge in [0.1, 0.15) is 5.60 Å². The van der Waals surface area contributed by atoms with E-state index in [1.165, 1.54) is 6.92 Å². The molecule has 3 rings (SSSR count). The molecule has 4 nitrogen and oxygen atoms in total. The average Bonchev–Trinajstić information content (AvgIpc) is 3.31. The smallest absolute Gasteiger partial charge is 0.416 e. The van der Waals surface area contributed by atoms with Crippen molar-refractivity contribution in [1.29, 1.82) is 0 Å². The van der Waals surface area contributed by atoms with Gasteiger partial charge in [0.05, 0.1) is 34.9 Å². The molecule has 0 bridgehead atoms. The van der Waals surface area contributed by atoms with E-state index >= 15 is 0 Å². The van der Waals surface area contributed by atoms with Gasteiger partial charge >= 0.3 is 30.8 Å². The monoisotopic (exact) mass is 597 g/mol. The maximum atomic E-state index is 13.6. The molecule has 0 saturated carbocycles. The summed E-state index contributed by atoms with van der Waals surface area (Å²) in [6, 6.07) is -2.60. The van der Waals surface area contributed by atoms with E-state index in [0.29, 0.717) is 4.90 Å². The van der Waals surface area contributed by atoms with Crippen LogP contribution in [0.2, 0.25) is 0 Å². The van der Waals surface area contributed by atoms with Gasteiger partial charge in [-0.15, -0.1) is 0 Å². The molecule has 1 aliphatic heterocycles. The minimum absolute atomic E-state index is 0.00951. The quantitative estimate of drug-likeness (QED) is 0.369. The molecular formula is C24H19F12NO3. The summed E-state index contributed by atoms with van der Waals surface area (Å²) < 4.78 is 168. The third kappa shape index (κ3) is 6.25. The molecule has 1 amide bonds. The van der Waals surface area contributed by atoms with E-state index in [-0.39, 0.29) is 56.0 Å². The van der Waals surface area contributed by atoms with Gasteiger partial charge < -0.3 is 14.7 Å². The van der Waals surface area contributed by atoms with Crippen molar-refractivity contribution in [3.05, 3.63) is 69.8 Å². The highest BCUT2D eigenvalue weighted by atomic mass is 19.4. The van der Waals surface area contributed by atoms with Crippen LogP contribution in [-0.2, 0) is 35.0 Å². The molecular weight excluding hydrogens is 578 g/mol. The Labute approximate surface area is 218 Å². The van der Waals surface area contributed by atoms with Crippen LogP contribution < -0.4 is 0 Å².